The minimum atomic E-state index is 0.0638. The largest absolute Gasteiger partial charge is 0.354 e. The van der Waals surface area contributed by atoms with Gasteiger partial charge in [0.15, 0.2) is 0 Å². The van der Waals surface area contributed by atoms with Crippen LogP contribution in [0.15, 0.2) is 12.1 Å². The molecule has 1 aromatic rings. The number of pyridine rings is 1. The Morgan fingerprint density at radius 3 is 2.65 bits per heavy atom. The van der Waals surface area contributed by atoms with E-state index in [1.165, 1.54) is 31.2 Å². The smallest absolute Gasteiger partial charge is 0.129 e. The molecule has 0 aromatic carbocycles. The van der Waals surface area contributed by atoms with Gasteiger partial charge in [0.1, 0.15) is 5.82 Å². The van der Waals surface area contributed by atoms with Crippen molar-refractivity contribution in [3.8, 4) is 0 Å². The lowest BCUT2D eigenvalue weighted by Gasteiger charge is -2.37. The first-order valence-electron chi connectivity index (χ1n) is 7.79. The monoisotopic (exact) mass is 294 g/mol. The Balaban J connectivity index is 2.39. The Hall–Kier alpha value is -0.760. The molecule has 2 rings (SSSR count). The zero-order valence-electron chi connectivity index (χ0n) is 13.2. The van der Waals surface area contributed by atoms with Crippen molar-refractivity contribution in [2.45, 2.75) is 70.7 Å². The summed E-state index contributed by atoms with van der Waals surface area (Å²) in [5, 5.41) is 0. The molecule has 0 saturated carbocycles. The molecule has 2 nitrogen and oxygen atoms in total. The molecule has 1 aliphatic heterocycles. The van der Waals surface area contributed by atoms with Crippen molar-refractivity contribution < 1.29 is 0 Å². The lowest BCUT2D eigenvalue weighted by atomic mass is 9.90. The molecule has 0 N–H and O–H groups in total. The number of hydrogen-bond acceptors (Lipinski definition) is 2. The van der Waals surface area contributed by atoms with Gasteiger partial charge in [-0.1, -0.05) is 27.7 Å². The predicted octanol–water partition coefficient (Wildman–Crippen LogP) is 4.89. The highest BCUT2D eigenvalue weighted by molar-refractivity contribution is 6.17. The van der Waals surface area contributed by atoms with E-state index in [0.717, 1.165) is 18.1 Å². The molecule has 2 heterocycles. The van der Waals surface area contributed by atoms with Crippen LogP contribution in [0.1, 0.15) is 64.6 Å². The summed E-state index contributed by atoms with van der Waals surface area (Å²) in [5.74, 6) is 1.68. The maximum atomic E-state index is 6.08. The van der Waals surface area contributed by atoms with Crippen LogP contribution in [-0.2, 0) is 11.3 Å². The van der Waals surface area contributed by atoms with Crippen LogP contribution in [0.3, 0.4) is 0 Å². The van der Waals surface area contributed by atoms with Crippen molar-refractivity contribution in [3.05, 3.63) is 23.4 Å². The second-order valence-corrected chi connectivity index (χ2v) is 7.12. The number of rotatable bonds is 3. The van der Waals surface area contributed by atoms with Gasteiger partial charge in [0.05, 0.1) is 0 Å². The van der Waals surface area contributed by atoms with Crippen LogP contribution in [-0.4, -0.2) is 17.6 Å². The first kappa shape index (κ1) is 15.6. The Bertz CT molecular complexity index is 451. The number of hydrogen-bond donors (Lipinski definition) is 0. The second-order valence-electron chi connectivity index (χ2n) is 6.85. The summed E-state index contributed by atoms with van der Waals surface area (Å²) in [6, 6.07) is 4.96. The molecule has 0 amide bonds. The summed E-state index contributed by atoms with van der Waals surface area (Å²) < 4.78 is 0. The van der Waals surface area contributed by atoms with Crippen LogP contribution < -0.4 is 4.90 Å². The highest BCUT2D eigenvalue weighted by Crippen LogP contribution is 2.29. The first-order valence-corrected chi connectivity index (χ1v) is 8.33. The van der Waals surface area contributed by atoms with Crippen molar-refractivity contribution >= 4 is 17.4 Å². The molecule has 1 aromatic heterocycles. The van der Waals surface area contributed by atoms with E-state index in [0.29, 0.717) is 11.9 Å². The summed E-state index contributed by atoms with van der Waals surface area (Å²) in [6.07, 6.45) is 5.09. The molecule has 1 unspecified atom stereocenters. The Labute approximate surface area is 128 Å². The fourth-order valence-corrected chi connectivity index (χ4v) is 3.06. The topological polar surface area (TPSA) is 16.1 Å². The normalized spacial score (nSPS) is 20.2. The third kappa shape index (κ3) is 3.46. The molecule has 3 heteroatoms. The summed E-state index contributed by atoms with van der Waals surface area (Å²) in [7, 11) is 0. The van der Waals surface area contributed by atoms with Gasteiger partial charge in [0, 0.05) is 29.6 Å². The van der Waals surface area contributed by atoms with E-state index in [9.17, 15) is 0 Å². The second kappa shape index (κ2) is 6.34. The Morgan fingerprint density at radius 1 is 1.30 bits per heavy atom. The number of piperidine rings is 1. The minimum absolute atomic E-state index is 0.0638. The molecule has 0 aliphatic carbocycles. The van der Waals surface area contributed by atoms with E-state index in [4.69, 9.17) is 16.6 Å². The summed E-state index contributed by atoms with van der Waals surface area (Å²) >= 11 is 6.08. The van der Waals surface area contributed by atoms with Gasteiger partial charge in [-0.3, -0.25) is 0 Å². The summed E-state index contributed by atoms with van der Waals surface area (Å²) in [5.41, 5.74) is 2.39. The highest BCUT2D eigenvalue weighted by atomic mass is 35.5. The molecule has 20 heavy (non-hydrogen) atoms. The zero-order chi connectivity index (χ0) is 14.8. The quantitative estimate of drug-likeness (QED) is 0.738. The minimum Gasteiger partial charge on any atom is -0.354 e. The van der Waals surface area contributed by atoms with Crippen molar-refractivity contribution in [2.75, 3.05) is 11.4 Å². The standard InChI is InChI=1S/C17H27ClN2/c1-5-14-8-6-7-9-20(14)16-11-13(12-18)10-15(19-16)17(2,3)4/h10-11,14H,5-9,12H2,1-4H3. The van der Waals surface area contributed by atoms with Gasteiger partial charge in [-0.25, -0.2) is 4.98 Å². The Morgan fingerprint density at radius 2 is 2.05 bits per heavy atom. The van der Waals surface area contributed by atoms with E-state index >= 15 is 0 Å². The molecule has 1 aliphatic rings. The highest BCUT2D eigenvalue weighted by Gasteiger charge is 2.24. The average Bonchev–Trinajstić information content (AvgIpc) is 2.45. The lowest BCUT2D eigenvalue weighted by Crippen LogP contribution is -2.40. The van der Waals surface area contributed by atoms with Crippen LogP contribution in [0.5, 0.6) is 0 Å². The number of nitrogens with zero attached hydrogens (tertiary/aromatic N) is 2. The van der Waals surface area contributed by atoms with Gasteiger partial charge in [-0.2, -0.15) is 0 Å². The fraction of sp³-hybridized carbons (Fsp3) is 0.706. The first-order chi connectivity index (χ1) is 9.45. The van der Waals surface area contributed by atoms with Crippen LogP contribution in [0.4, 0.5) is 5.82 Å². The number of halogens is 1. The molecule has 0 spiro atoms. The van der Waals surface area contributed by atoms with Crippen molar-refractivity contribution in [3.63, 3.8) is 0 Å². The van der Waals surface area contributed by atoms with E-state index in [1.54, 1.807) is 0 Å². The Kier molecular flexibility index (Phi) is 4.95. The SMILES string of the molecule is CCC1CCCCN1c1cc(CCl)cc(C(C)(C)C)n1. The summed E-state index contributed by atoms with van der Waals surface area (Å²) in [6.45, 7) is 10.0. The molecular formula is C17H27ClN2. The number of aromatic nitrogens is 1. The van der Waals surface area contributed by atoms with Gasteiger partial charge in [-0.05, 0) is 43.4 Å². The maximum absolute atomic E-state index is 6.08. The van der Waals surface area contributed by atoms with Crippen molar-refractivity contribution in [2.24, 2.45) is 0 Å². The van der Waals surface area contributed by atoms with Crippen molar-refractivity contribution in [1.29, 1.82) is 0 Å². The number of anilines is 1. The average molecular weight is 295 g/mol. The molecular weight excluding hydrogens is 268 g/mol. The van der Waals surface area contributed by atoms with Crippen LogP contribution in [0.2, 0.25) is 0 Å². The summed E-state index contributed by atoms with van der Waals surface area (Å²) in [4.78, 5) is 7.44. The molecule has 112 valence electrons. The molecule has 1 atom stereocenters. The third-order valence-corrected chi connectivity index (χ3v) is 4.50. The van der Waals surface area contributed by atoms with Gasteiger partial charge < -0.3 is 4.90 Å². The van der Waals surface area contributed by atoms with Crippen LogP contribution >= 0.6 is 11.6 Å². The van der Waals surface area contributed by atoms with Gasteiger partial charge in [-0.15, -0.1) is 11.6 Å². The zero-order valence-corrected chi connectivity index (χ0v) is 14.0. The fourth-order valence-electron chi connectivity index (χ4n) is 2.91. The van der Waals surface area contributed by atoms with Gasteiger partial charge >= 0.3 is 0 Å². The molecule has 1 saturated heterocycles. The van der Waals surface area contributed by atoms with Gasteiger partial charge in [0.25, 0.3) is 0 Å². The van der Waals surface area contributed by atoms with Crippen LogP contribution in [0, 0.1) is 0 Å². The predicted molar refractivity (Wildman–Crippen MR) is 87.8 cm³/mol. The van der Waals surface area contributed by atoms with E-state index in [1.807, 2.05) is 0 Å². The number of alkyl halides is 1. The molecule has 1 fully saturated rings. The van der Waals surface area contributed by atoms with Crippen LogP contribution in [0.25, 0.3) is 0 Å². The van der Waals surface area contributed by atoms with E-state index in [-0.39, 0.29) is 5.41 Å². The lowest BCUT2D eigenvalue weighted by molar-refractivity contribution is 0.445. The van der Waals surface area contributed by atoms with E-state index < -0.39 is 0 Å². The molecule has 0 radical (unpaired) electrons. The van der Waals surface area contributed by atoms with Crippen molar-refractivity contribution in [1.82, 2.24) is 4.98 Å². The third-order valence-electron chi connectivity index (χ3n) is 4.19. The molecule has 0 bridgehead atoms. The van der Waals surface area contributed by atoms with Gasteiger partial charge in [0.2, 0.25) is 0 Å². The maximum Gasteiger partial charge on any atom is 0.129 e. The van der Waals surface area contributed by atoms with E-state index in [2.05, 4.69) is 44.7 Å².